The SMILES string of the molecule is O=C(CCl)Cc1cc(NC(=O)CCl)cc(C(=O)O)c1. The average Bonchev–Trinajstić information content (AvgIpc) is 2.37. The molecule has 1 rings (SSSR count). The van der Waals surface area contributed by atoms with Crippen LogP contribution >= 0.6 is 23.2 Å². The van der Waals surface area contributed by atoms with Crippen LogP contribution in [0.2, 0.25) is 0 Å². The lowest BCUT2D eigenvalue weighted by Gasteiger charge is -2.08. The Hall–Kier alpha value is -1.59. The predicted octanol–water partition coefficient (Wildman–Crippen LogP) is 1.91. The highest BCUT2D eigenvalue weighted by Gasteiger charge is 2.11. The van der Waals surface area contributed by atoms with E-state index in [9.17, 15) is 14.4 Å². The van der Waals surface area contributed by atoms with Gasteiger partial charge in [-0.25, -0.2) is 4.79 Å². The number of rotatable bonds is 6. The monoisotopic (exact) mass is 303 g/mol. The van der Waals surface area contributed by atoms with Crippen LogP contribution in [0.1, 0.15) is 15.9 Å². The van der Waals surface area contributed by atoms with E-state index in [1.165, 1.54) is 18.2 Å². The maximum absolute atomic E-state index is 11.3. The summed E-state index contributed by atoms with van der Waals surface area (Å²) < 4.78 is 0. The van der Waals surface area contributed by atoms with Gasteiger partial charge in [-0.15, -0.1) is 23.2 Å². The number of Topliss-reactive ketones (excluding diaryl/α,β-unsaturated/α-hetero) is 1. The van der Waals surface area contributed by atoms with E-state index in [2.05, 4.69) is 5.32 Å². The molecule has 0 bridgehead atoms. The van der Waals surface area contributed by atoms with Crippen molar-refractivity contribution in [2.45, 2.75) is 6.42 Å². The van der Waals surface area contributed by atoms with Crippen LogP contribution in [0, 0.1) is 0 Å². The van der Waals surface area contributed by atoms with Gasteiger partial charge in [0.15, 0.2) is 5.78 Å². The van der Waals surface area contributed by atoms with Gasteiger partial charge < -0.3 is 10.4 Å². The van der Waals surface area contributed by atoms with Gasteiger partial charge in [-0.3, -0.25) is 9.59 Å². The van der Waals surface area contributed by atoms with E-state index in [4.69, 9.17) is 28.3 Å². The number of alkyl halides is 2. The molecule has 0 fully saturated rings. The lowest BCUT2D eigenvalue weighted by atomic mass is 10.0. The van der Waals surface area contributed by atoms with Crippen molar-refractivity contribution in [3.63, 3.8) is 0 Å². The molecule has 102 valence electrons. The second kappa shape index (κ2) is 7.11. The molecule has 1 aromatic rings. The fourth-order valence-electron chi connectivity index (χ4n) is 1.46. The number of hydrogen-bond donors (Lipinski definition) is 2. The second-order valence-electron chi connectivity index (χ2n) is 3.75. The van der Waals surface area contributed by atoms with Crippen molar-refractivity contribution in [1.29, 1.82) is 0 Å². The van der Waals surface area contributed by atoms with E-state index in [1.807, 2.05) is 0 Å². The molecule has 1 aromatic carbocycles. The zero-order valence-electron chi connectivity index (χ0n) is 9.78. The molecule has 0 saturated carbocycles. The van der Waals surface area contributed by atoms with Crippen LogP contribution in [0.15, 0.2) is 18.2 Å². The van der Waals surface area contributed by atoms with E-state index in [0.717, 1.165) is 0 Å². The second-order valence-corrected chi connectivity index (χ2v) is 4.29. The number of amides is 1. The van der Waals surface area contributed by atoms with Crippen LogP contribution in [0.25, 0.3) is 0 Å². The van der Waals surface area contributed by atoms with Gasteiger partial charge >= 0.3 is 5.97 Å². The third kappa shape index (κ3) is 4.89. The van der Waals surface area contributed by atoms with Gasteiger partial charge in [0, 0.05) is 12.1 Å². The molecule has 0 aromatic heterocycles. The van der Waals surface area contributed by atoms with Gasteiger partial charge in [0.05, 0.1) is 11.4 Å². The van der Waals surface area contributed by atoms with Crippen molar-refractivity contribution in [2.24, 2.45) is 0 Å². The van der Waals surface area contributed by atoms with Crippen LogP contribution in [0.3, 0.4) is 0 Å². The van der Waals surface area contributed by atoms with Gasteiger partial charge in [-0.2, -0.15) is 0 Å². The molecule has 7 heteroatoms. The first-order chi connectivity index (χ1) is 8.96. The maximum atomic E-state index is 11.3. The number of hydrogen-bond acceptors (Lipinski definition) is 3. The summed E-state index contributed by atoms with van der Waals surface area (Å²) in [4.78, 5) is 33.4. The minimum absolute atomic E-state index is 0.00830. The van der Waals surface area contributed by atoms with Gasteiger partial charge in [0.1, 0.15) is 5.88 Å². The Morgan fingerprint density at radius 1 is 1.11 bits per heavy atom. The highest BCUT2D eigenvalue weighted by atomic mass is 35.5. The van der Waals surface area contributed by atoms with E-state index in [1.54, 1.807) is 0 Å². The Balaban J connectivity index is 3.06. The Morgan fingerprint density at radius 3 is 2.32 bits per heavy atom. The first kappa shape index (κ1) is 15.5. The molecule has 0 unspecified atom stereocenters. The van der Waals surface area contributed by atoms with Crippen molar-refractivity contribution < 1.29 is 19.5 Å². The number of benzene rings is 1. The maximum Gasteiger partial charge on any atom is 0.335 e. The number of aromatic carboxylic acids is 1. The van der Waals surface area contributed by atoms with Gasteiger partial charge in [0.25, 0.3) is 0 Å². The van der Waals surface area contributed by atoms with Gasteiger partial charge in [0.2, 0.25) is 5.91 Å². The first-order valence-electron chi connectivity index (χ1n) is 5.27. The minimum atomic E-state index is -1.15. The molecule has 0 saturated heterocycles. The summed E-state index contributed by atoms with van der Waals surface area (Å²) in [6.07, 6.45) is 0.00830. The van der Waals surface area contributed by atoms with E-state index < -0.39 is 11.9 Å². The van der Waals surface area contributed by atoms with Crippen LogP contribution in [0.4, 0.5) is 5.69 Å². The molecule has 0 radical (unpaired) electrons. The Labute approximate surface area is 119 Å². The summed E-state index contributed by atoms with van der Waals surface area (Å²) in [5, 5.41) is 11.4. The molecule has 0 aliphatic rings. The average molecular weight is 304 g/mol. The highest BCUT2D eigenvalue weighted by molar-refractivity contribution is 6.29. The van der Waals surface area contributed by atoms with Crippen LogP contribution < -0.4 is 5.32 Å². The number of nitrogens with one attached hydrogen (secondary N) is 1. The Bertz CT molecular complexity index is 480. The van der Waals surface area contributed by atoms with Gasteiger partial charge in [-0.1, -0.05) is 0 Å². The number of ketones is 1. The first-order valence-corrected chi connectivity index (χ1v) is 6.34. The zero-order valence-corrected chi connectivity index (χ0v) is 11.3. The third-order valence-electron chi connectivity index (χ3n) is 2.20. The fourth-order valence-corrected chi connectivity index (χ4v) is 1.62. The summed E-state index contributed by atoms with van der Waals surface area (Å²) >= 11 is 10.7. The molecule has 19 heavy (non-hydrogen) atoms. The largest absolute Gasteiger partial charge is 0.478 e. The minimum Gasteiger partial charge on any atom is -0.478 e. The third-order valence-corrected chi connectivity index (χ3v) is 2.74. The number of carbonyl (C=O) groups is 3. The molecule has 0 heterocycles. The summed E-state index contributed by atoms with van der Waals surface area (Å²) in [6.45, 7) is 0. The summed E-state index contributed by atoms with van der Waals surface area (Å²) in [5.74, 6) is -2.24. The Kier molecular flexibility index (Phi) is 5.79. The number of carboxylic acid groups (broad SMARTS) is 1. The molecule has 1 amide bonds. The molecule has 0 aliphatic heterocycles. The zero-order chi connectivity index (χ0) is 14.4. The number of halogens is 2. The summed E-state index contributed by atoms with van der Waals surface area (Å²) in [6, 6.07) is 4.17. The lowest BCUT2D eigenvalue weighted by Crippen LogP contribution is -2.14. The molecule has 0 atom stereocenters. The number of carbonyl (C=O) groups excluding carboxylic acids is 2. The topological polar surface area (TPSA) is 83.5 Å². The molecule has 0 spiro atoms. The van der Waals surface area contributed by atoms with Gasteiger partial charge in [-0.05, 0) is 23.8 Å². The summed E-state index contributed by atoms with van der Waals surface area (Å²) in [7, 11) is 0. The number of anilines is 1. The normalized spacial score (nSPS) is 10.0. The lowest BCUT2D eigenvalue weighted by molar-refractivity contribution is -0.116. The standard InChI is InChI=1S/C12H11Cl2NO4/c13-5-10(16)3-7-1-8(12(18)19)4-9(2-7)15-11(17)6-14/h1-2,4H,3,5-6H2,(H,15,17)(H,18,19). The van der Waals surface area contributed by atoms with E-state index in [0.29, 0.717) is 5.56 Å². The fraction of sp³-hybridized carbons (Fsp3) is 0.250. The highest BCUT2D eigenvalue weighted by Crippen LogP contribution is 2.16. The molecular formula is C12H11Cl2NO4. The van der Waals surface area contributed by atoms with E-state index >= 15 is 0 Å². The van der Waals surface area contributed by atoms with E-state index in [-0.39, 0.29) is 35.2 Å². The summed E-state index contributed by atoms with van der Waals surface area (Å²) in [5.41, 5.74) is 0.725. The molecular weight excluding hydrogens is 293 g/mol. The quantitative estimate of drug-likeness (QED) is 0.786. The molecule has 0 aliphatic carbocycles. The van der Waals surface area contributed by atoms with Crippen molar-refractivity contribution in [3.05, 3.63) is 29.3 Å². The predicted molar refractivity (Wildman–Crippen MR) is 72.2 cm³/mol. The van der Waals surface area contributed by atoms with Crippen LogP contribution in [-0.2, 0) is 16.0 Å². The van der Waals surface area contributed by atoms with Crippen molar-refractivity contribution in [3.8, 4) is 0 Å². The smallest absolute Gasteiger partial charge is 0.335 e. The Morgan fingerprint density at radius 2 is 1.79 bits per heavy atom. The van der Waals surface area contributed by atoms with Crippen molar-refractivity contribution >= 4 is 46.5 Å². The van der Waals surface area contributed by atoms with Crippen molar-refractivity contribution in [2.75, 3.05) is 17.1 Å². The van der Waals surface area contributed by atoms with Crippen LogP contribution in [-0.4, -0.2) is 34.5 Å². The molecule has 5 nitrogen and oxygen atoms in total. The number of carboxylic acids is 1. The van der Waals surface area contributed by atoms with Crippen molar-refractivity contribution in [1.82, 2.24) is 0 Å². The molecule has 2 N–H and O–H groups in total. The van der Waals surface area contributed by atoms with Crippen LogP contribution in [0.5, 0.6) is 0 Å².